The van der Waals surface area contributed by atoms with Crippen molar-refractivity contribution >= 4 is 5.97 Å². The van der Waals surface area contributed by atoms with Crippen LogP contribution in [0.5, 0.6) is 0 Å². The number of carboxylic acids is 1. The molecule has 122 valence electrons. The van der Waals surface area contributed by atoms with Gasteiger partial charge in [0.15, 0.2) is 0 Å². The Morgan fingerprint density at radius 2 is 1.76 bits per heavy atom. The molecule has 2 fully saturated rings. The largest absolute Gasteiger partial charge is 0.481 e. The first-order valence-electron chi connectivity index (χ1n) is 7.92. The van der Waals surface area contributed by atoms with Crippen LogP contribution in [0.25, 0.3) is 0 Å². The second kappa shape index (κ2) is 6.99. The van der Waals surface area contributed by atoms with Crippen LogP contribution < -0.4 is 0 Å². The third-order valence-electron chi connectivity index (χ3n) is 4.99. The predicted molar refractivity (Wildman–Crippen MR) is 73.0 cm³/mol. The summed E-state index contributed by atoms with van der Waals surface area (Å²) in [5, 5.41) is 8.82. The first-order chi connectivity index (χ1) is 9.88. The van der Waals surface area contributed by atoms with E-state index in [1.807, 2.05) is 0 Å². The molecule has 0 amide bonds. The molecule has 1 unspecified atom stereocenters. The highest BCUT2D eigenvalue weighted by Crippen LogP contribution is 2.40. The van der Waals surface area contributed by atoms with Crippen molar-refractivity contribution in [2.24, 2.45) is 5.92 Å². The molecule has 1 heterocycles. The summed E-state index contributed by atoms with van der Waals surface area (Å²) in [5.74, 6) is -1.93. The van der Waals surface area contributed by atoms with Crippen LogP contribution in [0, 0.1) is 5.92 Å². The highest BCUT2D eigenvalue weighted by Gasteiger charge is 2.43. The Morgan fingerprint density at radius 3 is 2.33 bits per heavy atom. The number of alkyl halides is 3. The molecule has 0 aromatic rings. The lowest BCUT2D eigenvalue weighted by Gasteiger charge is -2.44. The topological polar surface area (TPSA) is 40.5 Å². The average Bonchev–Trinajstić information content (AvgIpc) is 2.44. The molecule has 1 saturated carbocycles. The van der Waals surface area contributed by atoms with Crippen LogP contribution in [0.1, 0.15) is 57.8 Å². The molecule has 6 heteroatoms. The van der Waals surface area contributed by atoms with Crippen molar-refractivity contribution < 1.29 is 23.1 Å². The van der Waals surface area contributed by atoms with Crippen LogP contribution in [0.4, 0.5) is 13.2 Å². The third-order valence-corrected chi connectivity index (χ3v) is 4.99. The number of nitrogens with zero attached hydrogens (tertiary/aromatic N) is 1. The van der Waals surface area contributed by atoms with Crippen LogP contribution in [0.3, 0.4) is 0 Å². The van der Waals surface area contributed by atoms with E-state index in [0.29, 0.717) is 19.3 Å². The van der Waals surface area contributed by atoms with E-state index >= 15 is 0 Å². The lowest BCUT2D eigenvalue weighted by molar-refractivity contribution is -0.185. The summed E-state index contributed by atoms with van der Waals surface area (Å²) in [6.07, 6.45) is 1.48. The van der Waals surface area contributed by atoms with Gasteiger partial charge in [-0.1, -0.05) is 6.42 Å². The van der Waals surface area contributed by atoms with Crippen molar-refractivity contribution in [3.63, 3.8) is 0 Å². The molecule has 1 aliphatic carbocycles. The van der Waals surface area contributed by atoms with Gasteiger partial charge < -0.3 is 5.11 Å². The summed E-state index contributed by atoms with van der Waals surface area (Å²) in [7, 11) is 0. The molecule has 0 spiro atoms. The summed E-state index contributed by atoms with van der Waals surface area (Å²) in [6.45, 7) is 0.908. The molecule has 0 aromatic carbocycles. The molecular weight excluding hydrogens is 283 g/mol. The number of hydrogen-bond acceptors (Lipinski definition) is 2. The fourth-order valence-corrected chi connectivity index (χ4v) is 3.84. The lowest BCUT2D eigenvalue weighted by atomic mass is 9.83. The number of carboxylic acid groups (broad SMARTS) is 1. The Morgan fingerprint density at radius 1 is 1.10 bits per heavy atom. The Kier molecular flexibility index (Phi) is 5.52. The lowest BCUT2D eigenvalue weighted by Crippen LogP contribution is -2.48. The highest BCUT2D eigenvalue weighted by molar-refractivity contribution is 5.66. The van der Waals surface area contributed by atoms with Gasteiger partial charge in [0.2, 0.25) is 0 Å². The van der Waals surface area contributed by atoms with E-state index in [9.17, 15) is 18.0 Å². The van der Waals surface area contributed by atoms with Crippen LogP contribution in [-0.2, 0) is 4.79 Å². The van der Waals surface area contributed by atoms with Gasteiger partial charge in [-0.15, -0.1) is 0 Å². The zero-order valence-corrected chi connectivity index (χ0v) is 12.2. The molecule has 0 radical (unpaired) electrons. The minimum absolute atomic E-state index is 0.152. The quantitative estimate of drug-likeness (QED) is 0.858. The Labute approximate surface area is 123 Å². The van der Waals surface area contributed by atoms with E-state index in [1.165, 1.54) is 0 Å². The number of rotatable bonds is 4. The zero-order valence-electron chi connectivity index (χ0n) is 12.2. The summed E-state index contributed by atoms with van der Waals surface area (Å²) < 4.78 is 38.2. The van der Waals surface area contributed by atoms with E-state index in [1.54, 1.807) is 0 Å². The van der Waals surface area contributed by atoms with Gasteiger partial charge in [-0.25, -0.2) is 0 Å². The van der Waals surface area contributed by atoms with Crippen LogP contribution >= 0.6 is 0 Å². The first-order valence-corrected chi connectivity index (χ1v) is 7.92. The van der Waals surface area contributed by atoms with Crippen molar-refractivity contribution in [3.05, 3.63) is 0 Å². The molecule has 1 N–H and O–H groups in total. The van der Waals surface area contributed by atoms with Crippen molar-refractivity contribution in [1.29, 1.82) is 0 Å². The summed E-state index contributed by atoms with van der Waals surface area (Å²) >= 11 is 0. The van der Waals surface area contributed by atoms with Gasteiger partial charge in [-0.05, 0) is 51.5 Å². The number of hydrogen-bond donors (Lipinski definition) is 1. The number of likely N-dealkylation sites (tertiary alicyclic amines) is 1. The van der Waals surface area contributed by atoms with E-state index in [4.69, 9.17) is 5.11 Å². The predicted octanol–water partition coefficient (Wildman–Crippen LogP) is 3.83. The van der Waals surface area contributed by atoms with Gasteiger partial charge in [-0.2, -0.15) is 13.2 Å². The van der Waals surface area contributed by atoms with Crippen LogP contribution in [-0.4, -0.2) is 40.8 Å². The van der Waals surface area contributed by atoms with E-state index in [-0.39, 0.29) is 31.3 Å². The standard InChI is InChI=1S/C15H24F3NO2/c16-15(17,18)11-4-6-13(7-5-11)19-10-2-1-3-12(19)8-9-14(20)21/h11-13H,1-10H2,(H,20,21). The maximum Gasteiger partial charge on any atom is 0.391 e. The van der Waals surface area contributed by atoms with Crippen molar-refractivity contribution in [3.8, 4) is 0 Å². The van der Waals surface area contributed by atoms with Crippen molar-refractivity contribution in [1.82, 2.24) is 4.90 Å². The fourth-order valence-electron chi connectivity index (χ4n) is 3.84. The van der Waals surface area contributed by atoms with E-state index < -0.39 is 18.1 Å². The summed E-state index contributed by atoms with van der Waals surface area (Å²) in [6, 6.07) is 0.449. The van der Waals surface area contributed by atoms with Crippen LogP contribution in [0.2, 0.25) is 0 Å². The average molecular weight is 307 g/mol. The highest BCUT2D eigenvalue weighted by atomic mass is 19.4. The maximum absolute atomic E-state index is 12.7. The number of carbonyl (C=O) groups is 1. The molecule has 0 aromatic heterocycles. The zero-order chi connectivity index (χ0) is 15.5. The number of aliphatic carboxylic acids is 1. The molecule has 2 aliphatic rings. The maximum atomic E-state index is 12.7. The molecule has 3 nitrogen and oxygen atoms in total. The Balaban J connectivity index is 1.88. The summed E-state index contributed by atoms with van der Waals surface area (Å²) in [4.78, 5) is 13.0. The van der Waals surface area contributed by atoms with Crippen molar-refractivity contribution in [2.45, 2.75) is 76.0 Å². The monoisotopic (exact) mass is 307 g/mol. The van der Waals surface area contributed by atoms with E-state index in [2.05, 4.69) is 4.90 Å². The molecule has 2 rings (SSSR count). The van der Waals surface area contributed by atoms with Gasteiger partial charge in [0.25, 0.3) is 0 Å². The Bertz CT molecular complexity index is 351. The second-order valence-electron chi connectivity index (χ2n) is 6.37. The molecule has 0 bridgehead atoms. The minimum atomic E-state index is -4.06. The molecule has 21 heavy (non-hydrogen) atoms. The van der Waals surface area contributed by atoms with Gasteiger partial charge in [0, 0.05) is 18.5 Å². The van der Waals surface area contributed by atoms with Crippen LogP contribution in [0.15, 0.2) is 0 Å². The Hall–Kier alpha value is -0.780. The van der Waals surface area contributed by atoms with Crippen molar-refractivity contribution in [2.75, 3.05) is 6.54 Å². The van der Waals surface area contributed by atoms with E-state index in [0.717, 1.165) is 25.8 Å². The van der Waals surface area contributed by atoms with Gasteiger partial charge >= 0.3 is 12.1 Å². The normalized spacial score (nSPS) is 32.0. The van der Waals surface area contributed by atoms with Gasteiger partial charge in [0.1, 0.15) is 0 Å². The number of halogens is 3. The summed E-state index contributed by atoms with van der Waals surface area (Å²) in [5.41, 5.74) is 0. The first kappa shape index (κ1) is 16.6. The van der Waals surface area contributed by atoms with Gasteiger partial charge in [-0.3, -0.25) is 9.69 Å². The molecule has 1 saturated heterocycles. The van der Waals surface area contributed by atoms with Gasteiger partial charge in [0.05, 0.1) is 5.92 Å². The third kappa shape index (κ3) is 4.59. The molecule has 1 aliphatic heterocycles. The second-order valence-corrected chi connectivity index (χ2v) is 6.37. The smallest absolute Gasteiger partial charge is 0.391 e. The number of piperidine rings is 1. The fraction of sp³-hybridized carbons (Fsp3) is 0.933. The molecule has 1 atom stereocenters. The minimum Gasteiger partial charge on any atom is -0.481 e. The SMILES string of the molecule is O=C(O)CCC1CCCCN1C1CCC(C(F)(F)F)CC1. The molecular formula is C15H24F3NO2.